The van der Waals surface area contributed by atoms with Crippen LogP contribution in [0.2, 0.25) is 0 Å². The lowest BCUT2D eigenvalue weighted by molar-refractivity contribution is 0.149. The summed E-state index contributed by atoms with van der Waals surface area (Å²) in [6.07, 6.45) is 1.88. The number of hydrogen-bond acceptors (Lipinski definition) is 3. The van der Waals surface area contributed by atoms with E-state index in [2.05, 4.69) is 20.8 Å². The van der Waals surface area contributed by atoms with Gasteiger partial charge >= 0.3 is 0 Å². The van der Waals surface area contributed by atoms with Crippen molar-refractivity contribution in [3.05, 3.63) is 0 Å². The largest absolute Gasteiger partial charge is 0.329 e. The van der Waals surface area contributed by atoms with Crippen LogP contribution in [0.5, 0.6) is 0 Å². The highest BCUT2D eigenvalue weighted by molar-refractivity contribution is 7.86. The lowest BCUT2D eigenvalue weighted by atomic mass is 9.76. The van der Waals surface area contributed by atoms with Crippen molar-refractivity contribution in [2.45, 2.75) is 46.6 Å². The van der Waals surface area contributed by atoms with Gasteiger partial charge in [-0.2, -0.15) is 17.0 Å². The van der Waals surface area contributed by atoms with Crippen LogP contribution in [0.15, 0.2) is 0 Å². The molecule has 0 aromatic rings. The van der Waals surface area contributed by atoms with Crippen molar-refractivity contribution in [1.82, 2.24) is 8.61 Å². The van der Waals surface area contributed by atoms with Crippen molar-refractivity contribution in [3.63, 3.8) is 0 Å². The van der Waals surface area contributed by atoms with E-state index in [9.17, 15) is 8.42 Å². The fourth-order valence-electron chi connectivity index (χ4n) is 2.51. The van der Waals surface area contributed by atoms with E-state index in [1.54, 1.807) is 11.4 Å². The molecule has 0 saturated carbocycles. The maximum absolute atomic E-state index is 12.4. The summed E-state index contributed by atoms with van der Waals surface area (Å²) in [5.41, 5.74) is 5.81. The van der Waals surface area contributed by atoms with Gasteiger partial charge in [0.1, 0.15) is 0 Å². The molecular weight excluding hydrogens is 262 g/mol. The topological polar surface area (TPSA) is 66.6 Å². The lowest BCUT2D eigenvalue weighted by Crippen LogP contribution is -2.50. The van der Waals surface area contributed by atoms with E-state index >= 15 is 0 Å². The maximum atomic E-state index is 12.4. The van der Waals surface area contributed by atoms with Crippen LogP contribution in [-0.4, -0.2) is 49.8 Å². The molecule has 1 heterocycles. The smallest absolute Gasteiger partial charge is 0.282 e. The lowest BCUT2D eigenvalue weighted by Gasteiger charge is -2.39. The first-order chi connectivity index (χ1) is 8.60. The van der Waals surface area contributed by atoms with Crippen LogP contribution < -0.4 is 5.73 Å². The van der Waals surface area contributed by atoms with Crippen molar-refractivity contribution in [3.8, 4) is 0 Å². The quantitative estimate of drug-likeness (QED) is 0.848. The van der Waals surface area contributed by atoms with Crippen LogP contribution in [0, 0.1) is 11.3 Å². The average Bonchev–Trinajstić information content (AvgIpc) is 2.36. The Morgan fingerprint density at radius 3 is 2.16 bits per heavy atom. The highest BCUT2D eigenvalue weighted by Crippen LogP contribution is 2.35. The number of hydrogen-bond donors (Lipinski definition) is 1. The molecule has 6 heteroatoms. The van der Waals surface area contributed by atoms with E-state index in [0.29, 0.717) is 25.6 Å². The Morgan fingerprint density at radius 1 is 1.32 bits per heavy atom. The average molecular weight is 291 g/mol. The third kappa shape index (κ3) is 3.90. The Bertz CT molecular complexity index is 381. The van der Waals surface area contributed by atoms with Gasteiger partial charge in [-0.05, 0) is 31.1 Å². The second-order valence-electron chi connectivity index (χ2n) is 6.65. The number of rotatable bonds is 4. The Kier molecular flexibility index (Phi) is 5.40. The second-order valence-corrected chi connectivity index (χ2v) is 8.64. The molecule has 0 amide bonds. The summed E-state index contributed by atoms with van der Waals surface area (Å²) in [6.45, 7) is 10.1. The van der Waals surface area contributed by atoms with Crippen LogP contribution in [0.1, 0.15) is 40.5 Å². The van der Waals surface area contributed by atoms with Crippen LogP contribution in [0.25, 0.3) is 0 Å². The number of piperidine rings is 1. The third-order valence-corrected chi connectivity index (χ3v) is 6.44. The minimum atomic E-state index is -3.36. The highest BCUT2D eigenvalue weighted by atomic mass is 32.2. The van der Waals surface area contributed by atoms with Gasteiger partial charge in [0, 0.05) is 32.7 Å². The van der Waals surface area contributed by atoms with Gasteiger partial charge in [-0.1, -0.05) is 20.8 Å². The van der Waals surface area contributed by atoms with Gasteiger partial charge in [-0.3, -0.25) is 0 Å². The molecular formula is C13H29N3O2S. The molecule has 19 heavy (non-hydrogen) atoms. The predicted molar refractivity (Wildman–Crippen MR) is 79.0 cm³/mol. The molecule has 0 spiro atoms. The molecule has 0 aromatic heterocycles. The summed E-state index contributed by atoms with van der Waals surface area (Å²) in [5, 5.41) is 0. The SMILES string of the molecule is C[C@@H](CN)N(C)S(=O)(=O)N1CCC(C(C)(C)C)CC1. The van der Waals surface area contributed by atoms with E-state index in [-0.39, 0.29) is 11.5 Å². The summed E-state index contributed by atoms with van der Waals surface area (Å²) >= 11 is 0. The molecule has 1 atom stereocenters. The van der Waals surface area contributed by atoms with Gasteiger partial charge in [0.05, 0.1) is 0 Å². The zero-order valence-electron chi connectivity index (χ0n) is 12.9. The summed E-state index contributed by atoms with van der Waals surface area (Å²) in [7, 11) is -1.74. The normalized spacial score (nSPS) is 21.8. The van der Waals surface area contributed by atoms with Crippen LogP contribution in [-0.2, 0) is 10.2 Å². The first-order valence-corrected chi connectivity index (χ1v) is 8.43. The molecule has 2 N–H and O–H groups in total. The third-order valence-electron chi connectivity index (χ3n) is 4.33. The zero-order valence-corrected chi connectivity index (χ0v) is 13.7. The summed E-state index contributed by atoms with van der Waals surface area (Å²) in [6, 6.07) is -0.162. The predicted octanol–water partition coefficient (Wildman–Crippen LogP) is 1.27. The standard InChI is InChI=1S/C13H29N3O2S/c1-11(10-14)15(5)19(17,18)16-8-6-12(7-9-16)13(2,3)4/h11-12H,6-10,14H2,1-5H3/t11-/m0/s1. The molecule has 5 nitrogen and oxygen atoms in total. The molecule has 0 aromatic carbocycles. The van der Waals surface area contributed by atoms with Crippen LogP contribution >= 0.6 is 0 Å². The minimum Gasteiger partial charge on any atom is -0.329 e. The van der Waals surface area contributed by atoms with Gasteiger partial charge in [0.15, 0.2) is 0 Å². The van der Waals surface area contributed by atoms with E-state index < -0.39 is 10.2 Å². The molecule has 0 radical (unpaired) electrons. The second kappa shape index (κ2) is 6.08. The molecule has 1 aliphatic rings. The first-order valence-electron chi connectivity index (χ1n) is 7.04. The molecule has 0 bridgehead atoms. The van der Waals surface area contributed by atoms with Gasteiger partial charge in [-0.25, -0.2) is 0 Å². The Balaban J connectivity index is 2.69. The summed E-state index contributed by atoms with van der Waals surface area (Å²) < 4.78 is 27.9. The van der Waals surface area contributed by atoms with Crippen molar-refractivity contribution in [2.24, 2.45) is 17.1 Å². The van der Waals surface area contributed by atoms with Gasteiger partial charge in [-0.15, -0.1) is 0 Å². The molecule has 0 unspecified atom stereocenters. The number of nitrogens with zero attached hydrogens (tertiary/aromatic N) is 2. The zero-order chi connectivity index (χ0) is 14.8. The Morgan fingerprint density at radius 2 is 1.79 bits per heavy atom. The summed E-state index contributed by atoms with van der Waals surface area (Å²) in [5.74, 6) is 0.594. The molecule has 1 rings (SSSR count). The molecule has 1 fully saturated rings. The van der Waals surface area contributed by atoms with Gasteiger partial charge < -0.3 is 5.73 Å². The van der Waals surface area contributed by atoms with Crippen LogP contribution in [0.3, 0.4) is 0 Å². The molecule has 114 valence electrons. The van der Waals surface area contributed by atoms with Crippen molar-refractivity contribution < 1.29 is 8.42 Å². The first kappa shape index (κ1) is 16.9. The van der Waals surface area contributed by atoms with Gasteiger partial charge in [0.2, 0.25) is 0 Å². The molecule has 0 aliphatic carbocycles. The van der Waals surface area contributed by atoms with E-state index in [1.165, 1.54) is 4.31 Å². The minimum absolute atomic E-state index is 0.162. The van der Waals surface area contributed by atoms with Crippen molar-refractivity contribution >= 4 is 10.2 Å². The fraction of sp³-hybridized carbons (Fsp3) is 1.00. The fourth-order valence-corrected chi connectivity index (χ4v) is 4.09. The van der Waals surface area contributed by atoms with E-state index in [0.717, 1.165) is 12.8 Å². The molecule has 1 aliphatic heterocycles. The van der Waals surface area contributed by atoms with Crippen molar-refractivity contribution in [1.29, 1.82) is 0 Å². The van der Waals surface area contributed by atoms with E-state index in [4.69, 9.17) is 5.73 Å². The summed E-state index contributed by atoms with van der Waals surface area (Å²) in [4.78, 5) is 0. The maximum Gasteiger partial charge on any atom is 0.282 e. The molecule has 1 saturated heterocycles. The number of likely N-dealkylation sites (N-methyl/N-ethyl adjacent to an activating group) is 1. The Hall–Kier alpha value is -0.170. The van der Waals surface area contributed by atoms with Crippen LogP contribution in [0.4, 0.5) is 0 Å². The van der Waals surface area contributed by atoms with Gasteiger partial charge in [0.25, 0.3) is 10.2 Å². The number of nitrogens with two attached hydrogens (primary N) is 1. The highest BCUT2D eigenvalue weighted by Gasteiger charge is 2.35. The van der Waals surface area contributed by atoms with E-state index in [1.807, 2.05) is 6.92 Å². The van der Waals surface area contributed by atoms with Crippen molar-refractivity contribution in [2.75, 3.05) is 26.7 Å². The Labute approximate surface area is 118 Å². The monoisotopic (exact) mass is 291 g/mol.